The number of nitrogens with one attached hydrogen (secondary N) is 2. The summed E-state index contributed by atoms with van der Waals surface area (Å²) >= 11 is 1.58. The first-order valence-electron chi connectivity index (χ1n) is 6.81. The Balaban J connectivity index is 2.33. The number of amides is 2. The first-order valence-corrected chi connectivity index (χ1v) is 8.21. The van der Waals surface area contributed by atoms with Crippen LogP contribution >= 0.6 is 11.8 Å². The summed E-state index contributed by atoms with van der Waals surface area (Å²) in [5, 5.41) is 14.5. The fourth-order valence-corrected chi connectivity index (χ4v) is 2.75. The van der Waals surface area contributed by atoms with Crippen molar-refractivity contribution < 1.29 is 14.7 Å². The Hall–Kier alpha value is -0.910. The molecule has 0 heterocycles. The van der Waals surface area contributed by atoms with E-state index in [1.165, 1.54) is 0 Å². The van der Waals surface area contributed by atoms with E-state index in [0.29, 0.717) is 6.42 Å². The van der Waals surface area contributed by atoms with Crippen LogP contribution in [0.5, 0.6) is 0 Å². The lowest BCUT2D eigenvalue weighted by atomic mass is 9.87. The third kappa shape index (κ3) is 6.18. The second kappa shape index (κ2) is 8.30. The zero-order valence-electron chi connectivity index (χ0n) is 11.6. The highest BCUT2D eigenvalue weighted by Gasteiger charge is 2.23. The van der Waals surface area contributed by atoms with Crippen LogP contribution in [0.25, 0.3) is 0 Å². The van der Waals surface area contributed by atoms with Gasteiger partial charge in [-0.05, 0) is 50.0 Å². The number of carbonyl (C=O) groups excluding carboxylic acids is 1. The van der Waals surface area contributed by atoms with E-state index < -0.39 is 12.0 Å². The number of thioether (sulfide) groups is 1. The van der Waals surface area contributed by atoms with Crippen molar-refractivity contribution in [2.45, 2.75) is 51.1 Å². The molecular weight excluding hydrogens is 264 g/mol. The van der Waals surface area contributed by atoms with Crippen molar-refractivity contribution in [3.63, 3.8) is 0 Å². The molecule has 0 aromatic heterocycles. The van der Waals surface area contributed by atoms with Crippen LogP contribution in [0.1, 0.15) is 39.0 Å². The number of hydrogen-bond donors (Lipinski definition) is 3. The van der Waals surface area contributed by atoms with Crippen LogP contribution < -0.4 is 10.6 Å². The summed E-state index contributed by atoms with van der Waals surface area (Å²) in [4.78, 5) is 22.8. The maximum absolute atomic E-state index is 11.8. The van der Waals surface area contributed by atoms with E-state index in [0.717, 1.165) is 37.4 Å². The number of carboxylic acids is 1. The Morgan fingerprint density at radius 3 is 2.47 bits per heavy atom. The molecule has 1 saturated carbocycles. The topological polar surface area (TPSA) is 78.4 Å². The molecule has 1 fully saturated rings. The van der Waals surface area contributed by atoms with Crippen LogP contribution in [0, 0.1) is 5.92 Å². The van der Waals surface area contributed by atoms with Gasteiger partial charge >= 0.3 is 12.0 Å². The molecule has 6 heteroatoms. The molecule has 3 N–H and O–H groups in total. The monoisotopic (exact) mass is 288 g/mol. The predicted octanol–water partition coefficient (Wildman–Crippen LogP) is 2.07. The lowest BCUT2D eigenvalue weighted by molar-refractivity contribution is -0.139. The van der Waals surface area contributed by atoms with Crippen molar-refractivity contribution in [3.8, 4) is 0 Å². The van der Waals surface area contributed by atoms with Gasteiger partial charge in [-0.1, -0.05) is 6.92 Å². The molecule has 0 saturated heterocycles. The third-order valence-electron chi connectivity index (χ3n) is 3.57. The molecule has 5 nitrogen and oxygen atoms in total. The average molecular weight is 288 g/mol. The van der Waals surface area contributed by atoms with Crippen molar-refractivity contribution in [1.82, 2.24) is 10.6 Å². The molecule has 1 aliphatic carbocycles. The SMILES string of the molecule is CSCC[C@H](NC(=O)NC1CCC(C)CC1)C(=O)O. The van der Waals surface area contributed by atoms with E-state index in [2.05, 4.69) is 17.6 Å². The van der Waals surface area contributed by atoms with Crippen LogP contribution in [-0.2, 0) is 4.79 Å². The van der Waals surface area contributed by atoms with Crippen molar-refractivity contribution in [1.29, 1.82) is 0 Å². The summed E-state index contributed by atoms with van der Waals surface area (Å²) in [6.07, 6.45) is 6.58. The first kappa shape index (κ1) is 16.1. The fourth-order valence-electron chi connectivity index (χ4n) is 2.28. The summed E-state index contributed by atoms with van der Waals surface area (Å²) in [6, 6.07) is -0.964. The number of hydrogen-bond acceptors (Lipinski definition) is 3. The van der Waals surface area contributed by atoms with Crippen LogP contribution in [0.3, 0.4) is 0 Å². The molecular formula is C13H24N2O3S. The zero-order valence-corrected chi connectivity index (χ0v) is 12.5. The van der Waals surface area contributed by atoms with E-state index >= 15 is 0 Å². The van der Waals surface area contributed by atoms with Gasteiger partial charge in [0.2, 0.25) is 0 Å². The average Bonchev–Trinajstić information content (AvgIpc) is 2.37. The summed E-state index contributed by atoms with van der Waals surface area (Å²) in [6.45, 7) is 2.22. The van der Waals surface area contributed by atoms with Crippen LogP contribution in [-0.4, -0.2) is 41.2 Å². The second-order valence-electron chi connectivity index (χ2n) is 5.25. The Morgan fingerprint density at radius 2 is 1.95 bits per heavy atom. The van der Waals surface area contributed by atoms with Gasteiger partial charge in [-0.25, -0.2) is 9.59 Å². The maximum atomic E-state index is 11.8. The zero-order chi connectivity index (χ0) is 14.3. The van der Waals surface area contributed by atoms with Crippen molar-refractivity contribution in [2.75, 3.05) is 12.0 Å². The highest BCUT2D eigenvalue weighted by molar-refractivity contribution is 7.98. The minimum absolute atomic E-state index is 0.186. The molecule has 19 heavy (non-hydrogen) atoms. The van der Waals surface area contributed by atoms with Crippen molar-refractivity contribution in [2.24, 2.45) is 5.92 Å². The molecule has 0 bridgehead atoms. The molecule has 0 aromatic carbocycles. The van der Waals surface area contributed by atoms with E-state index in [1.807, 2.05) is 6.26 Å². The number of carbonyl (C=O) groups is 2. The first-order chi connectivity index (χ1) is 9.02. The van der Waals surface area contributed by atoms with Crippen LogP contribution in [0.15, 0.2) is 0 Å². The number of carboxylic acid groups (broad SMARTS) is 1. The molecule has 0 radical (unpaired) electrons. The van der Waals surface area contributed by atoms with Gasteiger partial charge in [0.1, 0.15) is 6.04 Å². The standard InChI is InChI=1S/C13H24N2O3S/c1-9-3-5-10(6-4-9)14-13(18)15-11(12(16)17)7-8-19-2/h9-11H,3-8H2,1-2H3,(H,16,17)(H2,14,15,18)/t9?,10?,11-/m0/s1. The largest absolute Gasteiger partial charge is 0.480 e. The van der Waals surface area contributed by atoms with Crippen LogP contribution in [0.4, 0.5) is 4.79 Å². The fraction of sp³-hybridized carbons (Fsp3) is 0.846. The van der Waals surface area contributed by atoms with Crippen molar-refractivity contribution >= 4 is 23.8 Å². The summed E-state index contributed by atoms with van der Waals surface area (Å²) in [5.41, 5.74) is 0. The molecule has 110 valence electrons. The quantitative estimate of drug-likeness (QED) is 0.699. The van der Waals surface area contributed by atoms with Gasteiger partial charge in [0.15, 0.2) is 0 Å². The molecule has 0 aliphatic heterocycles. The number of rotatable bonds is 6. The van der Waals surface area contributed by atoms with E-state index in [-0.39, 0.29) is 12.1 Å². The lowest BCUT2D eigenvalue weighted by Gasteiger charge is -2.27. The van der Waals surface area contributed by atoms with Gasteiger partial charge in [-0.2, -0.15) is 11.8 Å². The van der Waals surface area contributed by atoms with Gasteiger partial charge in [0, 0.05) is 6.04 Å². The number of aliphatic carboxylic acids is 1. The third-order valence-corrected chi connectivity index (χ3v) is 4.21. The Bertz CT molecular complexity index is 304. The van der Waals surface area contributed by atoms with Gasteiger partial charge < -0.3 is 15.7 Å². The van der Waals surface area contributed by atoms with Crippen molar-refractivity contribution in [3.05, 3.63) is 0 Å². The van der Waals surface area contributed by atoms with E-state index in [1.54, 1.807) is 11.8 Å². The Morgan fingerprint density at radius 1 is 1.32 bits per heavy atom. The summed E-state index contributed by atoms with van der Waals surface area (Å²) in [5.74, 6) is 0.481. The van der Waals surface area contributed by atoms with E-state index in [9.17, 15) is 9.59 Å². The predicted molar refractivity (Wildman–Crippen MR) is 77.5 cm³/mol. The smallest absolute Gasteiger partial charge is 0.326 e. The van der Waals surface area contributed by atoms with E-state index in [4.69, 9.17) is 5.11 Å². The van der Waals surface area contributed by atoms with Gasteiger partial charge in [-0.3, -0.25) is 0 Å². The normalized spacial score (nSPS) is 24.5. The Labute approximate surface area is 118 Å². The number of urea groups is 1. The minimum atomic E-state index is -0.971. The molecule has 1 atom stereocenters. The van der Waals surface area contributed by atoms with Gasteiger partial charge in [0.05, 0.1) is 0 Å². The van der Waals surface area contributed by atoms with Crippen LogP contribution in [0.2, 0.25) is 0 Å². The molecule has 0 spiro atoms. The molecule has 2 amide bonds. The molecule has 1 aliphatic rings. The Kier molecular flexibility index (Phi) is 7.05. The van der Waals surface area contributed by atoms with Gasteiger partial charge in [-0.15, -0.1) is 0 Å². The minimum Gasteiger partial charge on any atom is -0.480 e. The molecule has 1 rings (SSSR count). The highest BCUT2D eigenvalue weighted by atomic mass is 32.2. The highest BCUT2D eigenvalue weighted by Crippen LogP contribution is 2.23. The van der Waals surface area contributed by atoms with Gasteiger partial charge in [0.25, 0.3) is 0 Å². The summed E-state index contributed by atoms with van der Waals surface area (Å²) < 4.78 is 0. The molecule has 0 aromatic rings. The second-order valence-corrected chi connectivity index (χ2v) is 6.23. The lowest BCUT2D eigenvalue weighted by Crippen LogP contribution is -2.49. The summed E-state index contributed by atoms with van der Waals surface area (Å²) in [7, 11) is 0. The molecule has 0 unspecified atom stereocenters. The maximum Gasteiger partial charge on any atom is 0.326 e.